The summed E-state index contributed by atoms with van der Waals surface area (Å²) in [6.07, 6.45) is -0.362. The molecule has 6 nitrogen and oxygen atoms in total. The van der Waals surface area contributed by atoms with Gasteiger partial charge in [-0.1, -0.05) is 44.2 Å². The van der Waals surface area contributed by atoms with Crippen molar-refractivity contribution in [3.05, 3.63) is 42.5 Å². The van der Waals surface area contributed by atoms with E-state index in [0.29, 0.717) is 18.1 Å². The summed E-state index contributed by atoms with van der Waals surface area (Å²) in [4.78, 5) is 25.3. The zero-order valence-corrected chi connectivity index (χ0v) is 15.0. The fourth-order valence-corrected chi connectivity index (χ4v) is 3.09. The van der Waals surface area contributed by atoms with Crippen LogP contribution in [0.4, 0.5) is 4.79 Å². The molecule has 2 atom stereocenters. The molecule has 2 aromatic carbocycles. The summed E-state index contributed by atoms with van der Waals surface area (Å²) in [6.45, 7) is 3.92. The van der Waals surface area contributed by atoms with E-state index < -0.39 is 18.2 Å². The highest BCUT2D eigenvalue weighted by Gasteiger charge is 2.38. The molecule has 138 valence electrons. The molecule has 2 N–H and O–H groups in total. The predicted octanol–water partition coefficient (Wildman–Crippen LogP) is 2.55. The lowest BCUT2D eigenvalue weighted by Gasteiger charge is -2.18. The number of rotatable bonds is 7. The lowest BCUT2D eigenvalue weighted by atomic mass is 10.0. The third kappa shape index (κ3) is 4.14. The highest BCUT2D eigenvalue weighted by atomic mass is 16.5. The van der Waals surface area contributed by atoms with E-state index in [9.17, 15) is 14.7 Å². The Morgan fingerprint density at radius 2 is 1.88 bits per heavy atom. The number of carbonyl (C=O) groups is 2. The summed E-state index contributed by atoms with van der Waals surface area (Å²) in [7, 11) is 0. The predicted molar refractivity (Wildman–Crippen MR) is 98.9 cm³/mol. The van der Waals surface area contributed by atoms with Crippen LogP contribution in [0.15, 0.2) is 42.5 Å². The lowest BCUT2D eigenvalue weighted by molar-refractivity contribution is -0.128. The highest BCUT2D eigenvalue weighted by Crippen LogP contribution is 2.21. The van der Waals surface area contributed by atoms with Crippen molar-refractivity contribution in [3.63, 3.8) is 0 Å². The first-order chi connectivity index (χ1) is 12.4. The largest absolute Gasteiger partial charge is 0.491 e. The topological polar surface area (TPSA) is 78.9 Å². The second kappa shape index (κ2) is 7.74. The number of amides is 3. The van der Waals surface area contributed by atoms with Crippen molar-refractivity contribution in [1.29, 1.82) is 0 Å². The van der Waals surface area contributed by atoms with Crippen LogP contribution in [0.3, 0.4) is 0 Å². The number of fused-ring (bicyclic) bond motifs is 1. The van der Waals surface area contributed by atoms with Gasteiger partial charge in [0, 0.05) is 0 Å². The quantitative estimate of drug-likeness (QED) is 0.747. The van der Waals surface area contributed by atoms with Crippen LogP contribution in [0.2, 0.25) is 0 Å². The summed E-state index contributed by atoms with van der Waals surface area (Å²) >= 11 is 0. The fraction of sp³-hybridized carbons (Fsp3) is 0.400. The van der Waals surface area contributed by atoms with Crippen molar-refractivity contribution in [2.24, 2.45) is 5.92 Å². The number of carbonyl (C=O) groups excluding carboxylic acids is 2. The summed E-state index contributed by atoms with van der Waals surface area (Å²) in [6, 6.07) is 12.6. The Hall–Kier alpha value is -2.60. The number of nitrogens with one attached hydrogen (secondary N) is 1. The van der Waals surface area contributed by atoms with Crippen molar-refractivity contribution < 1.29 is 19.4 Å². The second-order valence-corrected chi connectivity index (χ2v) is 7.05. The number of ether oxygens (including phenoxy) is 1. The number of benzene rings is 2. The van der Waals surface area contributed by atoms with E-state index in [-0.39, 0.29) is 19.1 Å². The number of hydrogen-bond acceptors (Lipinski definition) is 4. The number of imide groups is 1. The molecule has 0 aromatic heterocycles. The molecule has 0 bridgehead atoms. The Labute approximate surface area is 152 Å². The van der Waals surface area contributed by atoms with Crippen molar-refractivity contribution in [2.75, 3.05) is 13.2 Å². The summed E-state index contributed by atoms with van der Waals surface area (Å²) < 4.78 is 5.63. The van der Waals surface area contributed by atoms with Crippen molar-refractivity contribution in [2.45, 2.75) is 32.4 Å². The van der Waals surface area contributed by atoms with Gasteiger partial charge in [0.15, 0.2) is 0 Å². The van der Waals surface area contributed by atoms with Crippen LogP contribution < -0.4 is 10.1 Å². The zero-order valence-electron chi connectivity index (χ0n) is 15.0. The monoisotopic (exact) mass is 356 g/mol. The molecule has 1 heterocycles. The molecule has 1 aliphatic rings. The molecule has 2 unspecified atom stereocenters. The summed E-state index contributed by atoms with van der Waals surface area (Å²) in [5.74, 6) is 0.649. The minimum atomic E-state index is -0.950. The van der Waals surface area contributed by atoms with Gasteiger partial charge in [0.1, 0.15) is 24.5 Å². The molecular formula is C20H24N2O4. The first kappa shape index (κ1) is 18.2. The van der Waals surface area contributed by atoms with Gasteiger partial charge >= 0.3 is 6.03 Å². The van der Waals surface area contributed by atoms with Gasteiger partial charge in [0.25, 0.3) is 5.91 Å². The molecule has 0 saturated carbocycles. The van der Waals surface area contributed by atoms with Gasteiger partial charge in [-0.3, -0.25) is 9.69 Å². The standard InChI is InChI=1S/C20H24N2O4/c1-13(2)9-18-19(24)22(20(25)21-18)11-16(23)12-26-17-8-7-14-5-3-4-6-15(14)10-17/h3-8,10,13,16,18,23H,9,11-12H2,1-2H3,(H,21,25). The van der Waals surface area contributed by atoms with E-state index in [0.717, 1.165) is 15.7 Å². The number of aliphatic hydroxyl groups excluding tert-OH is 1. The average molecular weight is 356 g/mol. The second-order valence-electron chi connectivity index (χ2n) is 7.05. The van der Waals surface area contributed by atoms with E-state index in [1.54, 1.807) is 0 Å². The van der Waals surface area contributed by atoms with Gasteiger partial charge in [0.05, 0.1) is 6.54 Å². The Morgan fingerprint density at radius 3 is 2.62 bits per heavy atom. The maximum Gasteiger partial charge on any atom is 0.324 e. The van der Waals surface area contributed by atoms with Crippen molar-refractivity contribution in [1.82, 2.24) is 10.2 Å². The maximum atomic E-state index is 12.3. The van der Waals surface area contributed by atoms with Crippen LogP contribution in [0, 0.1) is 5.92 Å². The SMILES string of the molecule is CC(C)CC1NC(=O)N(CC(O)COc2ccc3ccccc3c2)C1=O. The first-order valence-electron chi connectivity index (χ1n) is 8.85. The molecule has 0 spiro atoms. The van der Waals surface area contributed by atoms with Gasteiger partial charge in [-0.2, -0.15) is 0 Å². The van der Waals surface area contributed by atoms with E-state index >= 15 is 0 Å². The molecule has 1 aliphatic heterocycles. The molecule has 6 heteroatoms. The number of nitrogens with zero attached hydrogens (tertiary/aromatic N) is 1. The lowest BCUT2D eigenvalue weighted by Crippen LogP contribution is -2.40. The third-order valence-electron chi connectivity index (χ3n) is 4.37. The molecule has 3 rings (SSSR count). The molecule has 1 fully saturated rings. The molecule has 26 heavy (non-hydrogen) atoms. The zero-order chi connectivity index (χ0) is 18.7. The van der Waals surface area contributed by atoms with Crippen LogP contribution in [-0.4, -0.2) is 47.2 Å². The first-order valence-corrected chi connectivity index (χ1v) is 8.85. The highest BCUT2D eigenvalue weighted by molar-refractivity contribution is 6.04. The van der Waals surface area contributed by atoms with Gasteiger partial charge in [0.2, 0.25) is 0 Å². The number of aliphatic hydroxyl groups is 1. The normalized spacial score (nSPS) is 18.5. The van der Waals surface area contributed by atoms with Crippen LogP contribution >= 0.6 is 0 Å². The minimum absolute atomic E-state index is 0.00421. The molecule has 0 aliphatic carbocycles. The Morgan fingerprint density at radius 1 is 1.15 bits per heavy atom. The number of hydrogen-bond donors (Lipinski definition) is 2. The fourth-order valence-electron chi connectivity index (χ4n) is 3.09. The average Bonchev–Trinajstić information content (AvgIpc) is 2.86. The van der Waals surface area contributed by atoms with Crippen LogP contribution in [0.5, 0.6) is 5.75 Å². The smallest absolute Gasteiger partial charge is 0.324 e. The van der Waals surface area contributed by atoms with Gasteiger partial charge in [-0.05, 0) is 35.2 Å². The molecular weight excluding hydrogens is 332 g/mol. The Bertz CT molecular complexity index is 805. The van der Waals surface area contributed by atoms with Gasteiger partial charge < -0.3 is 15.2 Å². The van der Waals surface area contributed by atoms with Crippen LogP contribution in [0.1, 0.15) is 20.3 Å². The van der Waals surface area contributed by atoms with E-state index in [1.165, 1.54) is 0 Å². The van der Waals surface area contributed by atoms with E-state index in [4.69, 9.17) is 4.74 Å². The number of β-amino-alcohol motifs (C(OH)–C–C–N with tert-alkyl or cyclic N) is 1. The Balaban J connectivity index is 1.55. The van der Waals surface area contributed by atoms with Crippen LogP contribution in [-0.2, 0) is 4.79 Å². The molecule has 0 radical (unpaired) electrons. The maximum absolute atomic E-state index is 12.3. The molecule has 3 amide bonds. The van der Waals surface area contributed by atoms with Gasteiger partial charge in [-0.25, -0.2) is 4.79 Å². The molecule has 1 saturated heterocycles. The van der Waals surface area contributed by atoms with Crippen molar-refractivity contribution in [3.8, 4) is 5.75 Å². The summed E-state index contributed by atoms with van der Waals surface area (Å²) in [5, 5.41) is 15.0. The molecule has 2 aromatic rings. The van der Waals surface area contributed by atoms with Crippen LogP contribution in [0.25, 0.3) is 10.8 Å². The minimum Gasteiger partial charge on any atom is -0.491 e. The summed E-state index contributed by atoms with van der Waals surface area (Å²) in [5.41, 5.74) is 0. The number of urea groups is 1. The van der Waals surface area contributed by atoms with Gasteiger partial charge in [-0.15, -0.1) is 0 Å². The van der Waals surface area contributed by atoms with E-state index in [2.05, 4.69) is 5.32 Å². The van der Waals surface area contributed by atoms with Crippen molar-refractivity contribution >= 4 is 22.7 Å². The van der Waals surface area contributed by atoms with E-state index in [1.807, 2.05) is 56.3 Å². The Kier molecular flexibility index (Phi) is 5.42. The third-order valence-corrected chi connectivity index (χ3v) is 4.37.